The predicted molar refractivity (Wildman–Crippen MR) is 98.0 cm³/mol. The molecule has 0 saturated carbocycles. The average Bonchev–Trinajstić information content (AvgIpc) is 3.19. The quantitative estimate of drug-likeness (QED) is 0.758. The number of carbonyl (C=O) groups is 1. The Morgan fingerprint density at radius 2 is 2.19 bits per heavy atom. The summed E-state index contributed by atoms with van der Waals surface area (Å²) in [6, 6.07) is 3.65. The monoisotopic (exact) mass is 361 g/mol. The predicted octanol–water partition coefficient (Wildman–Crippen LogP) is 3.17. The maximum atomic E-state index is 12.1. The van der Waals surface area contributed by atoms with Gasteiger partial charge in [0.05, 0.1) is 13.0 Å². The van der Waals surface area contributed by atoms with Gasteiger partial charge in [-0.3, -0.25) is 4.79 Å². The first-order valence-corrected chi connectivity index (χ1v) is 8.94. The number of fused-ring (bicyclic) bond motifs is 1. The van der Waals surface area contributed by atoms with E-state index in [4.69, 9.17) is 14.2 Å². The molecule has 142 valence electrons. The first-order chi connectivity index (χ1) is 12.4. The highest BCUT2D eigenvalue weighted by atomic mass is 16.7. The summed E-state index contributed by atoms with van der Waals surface area (Å²) in [6.45, 7) is 7.01. The van der Waals surface area contributed by atoms with Crippen molar-refractivity contribution in [1.82, 2.24) is 5.32 Å². The van der Waals surface area contributed by atoms with Crippen molar-refractivity contribution in [3.8, 4) is 17.2 Å². The van der Waals surface area contributed by atoms with Crippen LogP contribution in [0.3, 0.4) is 0 Å². The van der Waals surface area contributed by atoms with Crippen molar-refractivity contribution in [3.05, 3.63) is 29.8 Å². The number of carboxylic acids is 1. The first kappa shape index (κ1) is 18.6. The summed E-state index contributed by atoms with van der Waals surface area (Å²) in [5, 5.41) is 13.3. The number of hydrogen-bond donors (Lipinski definition) is 2. The number of aliphatic carboxylic acids is 1. The SMILES string of the molecule is C/C=C/C(C)(C)C[C@@H]1NC[C@H](c2cc(OC)c3c(c2)OCO3)[C@H]1C(=O)O. The zero-order valence-electron chi connectivity index (χ0n) is 15.7. The van der Waals surface area contributed by atoms with Gasteiger partial charge in [-0.05, 0) is 36.5 Å². The number of methoxy groups -OCH3 is 1. The van der Waals surface area contributed by atoms with Crippen molar-refractivity contribution in [2.75, 3.05) is 20.4 Å². The van der Waals surface area contributed by atoms with Crippen LogP contribution < -0.4 is 19.5 Å². The summed E-state index contributed by atoms with van der Waals surface area (Å²) in [5.74, 6) is 0.336. The maximum Gasteiger partial charge on any atom is 0.308 e. The van der Waals surface area contributed by atoms with E-state index in [2.05, 4.69) is 25.2 Å². The van der Waals surface area contributed by atoms with E-state index < -0.39 is 11.9 Å². The van der Waals surface area contributed by atoms with Gasteiger partial charge in [0.25, 0.3) is 0 Å². The summed E-state index contributed by atoms with van der Waals surface area (Å²) in [5.41, 5.74) is 0.832. The van der Waals surface area contributed by atoms with E-state index >= 15 is 0 Å². The van der Waals surface area contributed by atoms with Crippen molar-refractivity contribution < 1.29 is 24.1 Å². The molecule has 1 aromatic carbocycles. The Morgan fingerprint density at radius 1 is 1.42 bits per heavy atom. The van der Waals surface area contributed by atoms with Gasteiger partial charge in [-0.1, -0.05) is 26.0 Å². The second-order valence-electron chi connectivity index (χ2n) is 7.63. The van der Waals surface area contributed by atoms with Crippen LogP contribution in [0.2, 0.25) is 0 Å². The molecule has 2 heterocycles. The van der Waals surface area contributed by atoms with Crippen LogP contribution in [0.25, 0.3) is 0 Å². The van der Waals surface area contributed by atoms with E-state index in [1.165, 1.54) is 0 Å². The lowest BCUT2D eigenvalue weighted by molar-refractivity contribution is -0.142. The fourth-order valence-electron chi connectivity index (χ4n) is 4.13. The van der Waals surface area contributed by atoms with E-state index in [0.717, 1.165) is 12.0 Å². The van der Waals surface area contributed by atoms with Crippen LogP contribution in [0.4, 0.5) is 0 Å². The Balaban J connectivity index is 1.90. The van der Waals surface area contributed by atoms with Crippen LogP contribution in [0.15, 0.2) is 24.3 Å². The molecule has 6 nitrogen and oxygen atoms in total. The molecule has 0 aliphatic carbocycles. The molecule has 26 heavy (non-hydrogen) atoms. The van der Waals surface area contributed by atoms with Crippen molar-refractivity contribution in [1.29, 1.82) is 0 Å². The van der Waals surface area contributed by atoms with E-state index in [9.17, 15) is 9.90 Å². The van der Waals surface area contributed by atoms with Gasteiger partial charge >= 0.3 is 5.97 Å². The molecule has 0 amide bonds. The van der Waals surface area contributed by atoms with Crippen molar-refractivity contribution in [3.63, 3.8) is 0 Å². The van der Waals surface area contributed by atoms with Gasteiger partial charge in [0.2, 0.25) is 12.5 Å². The molecule has 3 atom stereocenters. The zero-order valence-corrected chi connectivity index (χ0v) is 15.7. The lowest BCUT2D eigenvalue weighted by Crippen LogP contribution is -2.36. The molecule has 2 aliphatic heterocycles. The lowest BCUT2D eigenvalue weighted by atomic mass is 9.78. The second-order valence-corrected chi connectivity index (χ2v) is 7.63. The molecule has 0 spiro atoms. The smallest absolute Gasteiger partial charge is 0.308 e. The standard InChI is InChI=1S/C20H27NO5/c1-5-6-20(2,3)9-14-17(19(22)23)13(10-21-14)12-7-15(24-4)18-16(8-12)25-11-26-18/h5-8,13-14,17,21H,9-11H2,1-4H3,(H,22,23)/b6-5+/t13-,14+,17-/m1/s1. The van der Waals surface area contributed by atoms with Crippen LogP contribution in [0.5, 0.6) is 17.2 Å². The largest absolute Gasteiger partial charge is 0.493 e. The Labute approximate surface area is 154 Å². The molecular weight excluding hydrogens is 334 g/mol. The molecule has 1 fully saturated rings. The molecule has 0 bridgehead atoms. The fourth-order valence-corrected chi connectivity index (χ4v) is 4.13. The summed E-state index contributed by atoms with van der Waals surface area (Å²) in [4.78, 5) is 12.1. The Hall–Kier alpha value is -2.21. The third kappa shape index (κ3) is 3.51. The van der Waals surface area contributed by atoms with Gasteiger partial charge < -0.3 is 24.6 Å². The van der Waals surface area contributed by atoms with Gasteiger partial charge in [-0.2, -0.15) is 0 Å². The van der Waals surface area contributed by atoms with Gasteiger partial charge in [0.1, 0.15) is 0 Å². The minimum absolute atomic E-state index is 0.0679. The van der Waals surface area contributed by atoms with E-state index in [0.29, 0.717) is 23.8 Å². The summed E-state index contributed by atoms with van der Waals surface area (Å²) in [6.07, 6.45) is 4.90. The minimum Gasteiger partial charge on any atom is -0.493 e. The van der Waals surface area contributed by atoms with Gasteiger partial charge in [0.15, 0.2) is 11.5 Å². The number of hydrogen-bond acceptors (Lipinski definition) is 5. The topological polar surface area (TPSA) is 77.0 Å². The Morgan fingerprint density at radius 3 is 2.85 bits per heavy atom. The minimum atomic E-state index is -0.780. The molecule has 1 saturated heterocycles. The summed E-state index contributed by atoms with van der Waals surface area (Å²) >= 11 is 0. The van der Waals surface area contributed by atoms with Crippen molar-refractivity contribution >= 4 is 5.97 Å². The molecule has 0 aromatic heterocycles. The summed E-state index contributed by atoms with van der Waals surface area (Å²) < 4.78 is 16.3. The lowest BCUT2D eigenvalue weighted by Gasteiger charge is -2.28. The average molecular weight is 361 g/mol. The van der Waals surface area contributed by atoms with Gasteiger partial charge in [-0.15, -0.1) is 0 Å². The normalized spacial score (nSPS) is 25.0. The Bertz CT molecular complexity index is 712. The van der Waals surface area contributed by atoms with Crippen LogP contribution >= 0.6 is 0 Å². The third-order valence-corrected chi connectivity index (χ3v) is 5.22. The second kappa shape index (κ2) is 7.19. The van der Waals surface area contributed by atoms with Crippen molar-refractivity contribution in [2.45, 2.75) is 39.2 Å². The van der Waals surface area contributed by atoms with Gasteiger partial charge in [0, 0.05) is 18.5 Å². The fraction of sp³-hybridized carbons (Fsp3) is 0.550. The number of nitrogens with one attached hydrogen (secondary N) is 1. The first-order valence-electron chi connectivity index (χ1n) is 8.94. The number of carboxylic acid groups (broad SMARTS) is 1. The zero-order chi connectivity index (χ0) is 18.9. The molecular formula is C20H27NO5. The third-order valence-electron chi connectivity index (χ3n) is 5.22. The van der Waals surface area contributed by atoms with Crippen molar-refractivity contribution in [2.24, 2.45) is 11.3 Å². The number of benzene rings is 1. The maximum absolute atomic E-state index is 12.1. The van der Waals surface area contributed by atoms with Gasteiger partial charge in [-0.25, -0.2) is 0 Å². The molecule has 2 N–H and O–H groups in total. The Kier molecular flexibility index (Phi) is 5.14. The molecule has 1 aromatic rings. The van der Waals surface area contributed by atoms with Crippen LogP contribution in [-0.2, 0) is 4.79 Å². The van der Waals surface area contributed by atoms with Crippen LogP contribution in [-0.4, -0.2) is 37.6 Å². The highest BCUT2D eigenvalue weighted by molar-refractivity contribution is 5.73. The number of allylic oxidation sites excluding steroid dienone is 2. The summed E-state index contributed by atoms with van der Waals surface area (Å²) in [7, 11) is 1.57. The highest BCUT2D eigenvalue weighted by Gasteiger charge is 2.44. The number of rotatable bonds is 6. The molecule has 6 heteroatoms. The van der Waals surface area contributed by atoms with E-state index in [1.54, 1.807) is 7.11 Å². The van der Waals surface area contributed by atoms with Crippen LogP contribution in [0.1, 0.15) is 38.7 Å². The molecule has 3 rings (SSSR count). The molecule has 0 radical (unpaired) electrons. The number of ether oxygens (including phenoxy) is 3. The molecule has 0 unspecified atom stereocenters. The highest BCUT2D eigenvalue weighted by Crippen LogP contribution is 2.46. The van der Waals surface area contributed by atoms with E-state index in [-0.39, 0.29) is 24.2 Å². The van der Waals surface area contributed by atoms with Crippen LogP contribution in [0, 0.1) is 11.3 Å². The van der Waals surface area contributed by atoms with E-state index in [1.807, 2.05) is 25.1 Å². The molecule has 2 aliphatic rings.